The maximum atomic E-state index is 12.8. The maximum absolute atomic E-state index is 12.8. The highest BCUT2D eigenvalue weighted by atomic mass is 19.4. The fourth-order valence-electron chi connectivity index (χ4n) is 2.98. The van der Waals surface area contributed by atoms with Gasteiger partial charge in [-0.05, 0) is 31.0 Å². The molecule has 2 heterocycles. The van der Waals surface area contributed by atoms with Crippen molar-refractivity contribution >= 4 is 11.9 Å². The van der Waals surface area contributed by atoms with Crippen LogP contribution in [0.5, 0.6) is 0 Å². The van der Waals surface area contributed by atoms with Gasteiger partial charge in [0.2, 0.25) is 0 Å². The number of likely N-dealkylation sites (tertiary alicyclic amines) is 1. The monoisotopic (exact) mass is 368 g/mol. The van der Waals surface area contributed by atoms with Crippen LogP contribution in [0.15, 0.2) is 30.5 Å². The summed E-state index contributed by atoms with van der Waals surface area (Å²) in [6, 6.07) is 4.09. The molecule has 0 radical (unpaired) electrons. The molecule has 1 fully saturated rings. The molecule has 26 heavy (non-hydrogen) atoms. The van der Waals surface area contributed by atoms with E-state index in [-0.39, 0.29) is 17.8 Å². The highest BCUT2D eigenvalue weighted by Gasteiger charge is 2.33. The van der Waals surface area contributed by atoms with E-state index in [2.05, 4.69) is 10.3 Å². The van der Waals surface area contributed by atoms with E-state index in [1.165, 1.54) is 23.2 Å². The minimum absolute atomic E-state index is 0.0419. The molecule has 0 aliphatic carbocycles. The first-order chi connectivity index (χ1) is 12.3. The zero-order valence-corrected chi connectivity index (χ0v) is 13.5. The summed E-state index contributed by atoms with van der Waals surface area (Å²) >= 11 is 0. The molecule has 10 heteroatoms. The van der Waals surface area contributed by atoms with Crippen LogP contribution < -0.4 is 0 Å². The topological polar surface area (TPSA) is 88.3 Å². The van der Waals surface area contributed by atoms with Crippen LogP contribution in [-0.2, 0) is 11.0 Å². The first-order valence-corrected chi connectivity index (χ1v) is 7.88. The van der Waals surface area contributed by atoms with Crippen LogP contribution in [0.1, 0.15) is 35.3 Å². The quantitative estimate of drug-likeness (QED) is 0.895. The molecular formula is C16H15F3N4O3. The highest BCUT2D eigenvalue weighted by molar-refractivity contribution is 5.92. The van der Waals surface area contributed by atoms with E-state index in [4.69, 9.17) is 5.11 Å². The zero-order chi connectivity index (χ0) is 18.9. The van der Waals surface area contributed by atoms with Crippen molar-refractivity contribution < 1.29 is 27.9 Å². The van der Waals surface area contributed by atoms with E-state index in [0.29, 0.717) is 19.4 Å². The zero-order valence-electron chi connectivity index (χ0n) is 13.5. The van der Waals surface area contributed by atoms with Gasteiger partial charge in [0.05, 0.1) is 23.9 Å². The number of rotatable bonds is 4. The third-order valence-corrected chi connectivity index (χ3v) is 4.20. The number of carbonyl (C=O) groups excluding carboxylic acids is 1. The van der Waals surface area contributed by atoms with Crippen molar-refractivity contribution in [1.29, 1.82) is 0 Å². The lowest BCUT2D eigenvalue weighted by Gasteiger charge is -2.22. The Balaban J connectivity index is 1.82. The summed E-state index contributed by atoms with van der Waals surface area (Å²) < 4.78 is 39.5. The summed E-state index contributed by atoms with van der Waals surface area (Å²) in [5.41, 5.74) is -0.756. The van der Waals surface area contributed by atoms with Gasteiger partial charge < -0.3 is 10.0 Å². The number of carboxylic acids is 1. The predicted molar refractivity (Wildman–Crippen MR) is 82.7 cm³/mol. The molecule has 1 saturated heterocycles. The summed E-state index contributed by atoms with van der Waals surface area (Å²) in [5, 5.41) is 16.4. The third-order valence-electron chi connectivity index (χ3n) is 4.20. The number of aromatic nitrogens is 3. The van der Waals surface area contributed by atoms with Gasteiger partial charge in [-0.1, -0.05) is 11.3 Å². The SMILES string of the molecule is O=C(O)CC1CCCN1C(=O)c1cn(-c2cccc(C(F)(F)F)c2)nn1. The van der Waals surface area contributed by atoms with Crippen LogP contribution in [0.3, 0.4) is 0 Å². The first kappa shape index (κ1) is 17.9. The van der Waals surface area contributed by atoms with Crippen molar-refractivity contribution in [2.24, 2.45) is 0 Å². The summed E-state index contributed by atoms with van der Waals surface area (Å²) in [4.78, 5) is 24.9. The van der Waals surface area contributed by atoms with Crippen LogP contribution in [-0.4, -0.2) is 49.5 Å². The molecule has 1 aromatic heterocycles. The van der Waals surface area contributed by atoms with Crippen molar-refractivity contribution in [2.45, 2.75) is 31.5 Å². The highest BCUT2D eigenvalue weighted by Crippen LogP contribution is 2.30. The van der Waals surface area contributed by atoms with Crippen molar-refractivity contribution in [3.8, 4) is 5.69 Å². The molecule has 138 valence electrons. The minimum atomic E-state index is -4.49. The molecule has 7 nitrogen and oxygen atoms in total. The lowest BCUT2D eigenvalue weighted by atomic mass is 10.1. The van der Waals surface area contributed by atoms with Crippen LogP contribution in [0, 0.1) is 0 Å². The van der Waals surface area contributed by atoms with Gasteiger partial charge in [0, 0.05) is 12.6 Å². The Morgan fingerprint density at radius 3 is 2.77 bits per heavy atom. The molecular weight excluding hydrogens is 353 g/mol. The Bertz CT molecular complexity index is 834. The van der Waals surface area contributed by atoms with E-state index in [0.717, 1.165) is 16.8 Å². The van der Waals surface area contributed by atoms with E-state index in [9.17, 15) is 22.8 Å². The van der Waals surface area contributed by atoms with Crippen LogP contribution >= 0.6 is 0 Å². The van der Waals surface area contributed by atoms with Crippen molar-refractivity contribution in [3.63, 3.8) is 0 Å². The Hall–Kier alpha value is -2.91. The third kappa shape index (κ3) is 3.68. The van der Waals surface area contributed by atoms with Crippen LogP contribution in [0.4, 0.5) is 13.2 Å². The fourth-order valence-corrected chi connectivity index (χ4v) is 2.98. The summed E-state index contributed by atoms with van der Waals surface area (Å²) in [6.45, 7) is 0.410. The second-order valence-corrected chi connectivity index (χ2v) is 5.99. The molecule has 1 N–H and O–H groups in total. The number of amides is 1. The van der Waals surface area contributed by atoms with Gasteiger partial charge in [-0.25, -0.2) is 4.68 Å². The predicted octanol–water partition coefficient (Wildman–Crippen LogP) is 2.37. The summed E-state index contributed by atoms with van der Waals surface area (Å²) in [5.74, 6) is -1.48. The van der Waals surface area contributed by atoms with Gasteiger partial charge in [0.1, 0.15) is 0 Å². The molecule has 1 aliphatic heterocycles. The van der Waals surface area contributed by atoms with Gasteiger partial charge in [0.25, 0.3) is 5.91 Å². The van der Waals surface area contributed by atoms with Gasteiger partial charge in [-0.3, -0.25) is 9.59 Å². The Kier molecular flexibility index (Phi) is 4.66. The molecule has 1 atom stereocenters. The maximum Gasteiger partial charge on any atom is 0.416 e. The Labute approximate surface area is 146 Å². The number of alkyl halides is 3. The number of benzene rings is 1. The average Bonchev–Trinajstić information content (AvgIpc) is 3.22. The van der Waals surface area contributed by atoms with Gasteiger partial charge in [-0.2, -0.15) is 13.2 Å². The fraction of sp³-hybridized carbons (Fsp3) is 0.375. The molecule has 3 rings (SSSR count). The number of aliphatic carboxylic acids is 1. The van der Waals surface area contributed by atoms with Crippen molar-refractivity contribution in [1.82, 2.24) is 19.9 Å². The molecule has 2 aromatic rings. The summed E-state index contributed by atoms with van der Waals surface area (Å²) in [6.07, 6.45) is -2.14. The standard InChI is InChI=1S/C16H15F3N4O3/c17-16(18,19)10-3-1-4-12(7-10)23-9-13(20-21-23)15(26)22-6-2-5-11(22)8-14(24)25/h1,3-4,7,9,11H,2,5-6,8H2,(H,24,25). The van der Waals surface area contributed by atoms with Gasteiger partial charge >= 0.3 is 12.1 Å². The summed E-state index contributed by atoms with van der Waals surface area (Å²) in [7, 11) is 0. The largest absolute Gasteiger partial charge is 0.481 e. The number of halogens is 3. The number of carbonyl (C=O) groups is 2. The lowest BCUT2D eigenvalue weighted by Crippen LogP contribution is -2.37. The van der Waals surface area contributed by atoms with E-state index >= 15 is 0 Å². The average molecular weight is 368 g/mol. The van der Waals surface area contributed by atoms with Crippen molar-refractivity contribution in [2.75, 3.05) is 6.54 Å². The number of nitrogens with zero attached hydrogens (tertiary/aromatic N) is 4. The second kappa shape index (κ2) is 6.77. The normalized spacial score (nSPS) is 17.5. The van der Waals surface area contributed by atoms with E-state index in [1.807, 2.05) is 0 Å². The minimum Gasteiger partial charge on any atom is -0.481 e. The van der Waals surface area contributed by atoms with E-state index in [1.54, 1.807) is 0 Å². The molecule has 1 aromatic carbocycles. The molecule has 0 saturated carbocycles. The molecule has 1 unspecified atom stereocenters. The van der Waals surface area contributed by atoms with E-state index < -0.39 is 29.7 Å². The molecule has 1 aliphatic rings. The lowest BCUT2D eigenvalue weighted by molar-refractivity contribution is -0.138. The smallest absolute Gasteiger partial charge is 0.416 e. The number of carboxylic acid groups (broad SMARTS) is 1. The second-order valence-electron chi connectivity index (χ2n) is 5.99. The number of hydrogen-bond donors (Lipinski definition) is 1. The van der Waals surface area contributed by atoms with Gasteiger partial charge in [0.15, 0.2) is 5.69 Å². The Morgan fingerprint density at radius 1 is 1.31 bits per heavy atom. The van der Waals surface area contributed by atoms with Crippen LogP contribution in [0.2, 0.25) is 0 Å². The first-order valence-electron chi connectivity index (χ1n) is 7.88. The molecule has 1 amide bonds. The molecule has 0 spiro atoms. The van der Waals surface area contributed by atoms with Crippen molar-refractivity contribution in [3.05, 3.63) is 41.7 Å². The Morgan fingerprint density at radius 2 is 2.08 bits per heavy atom. The number of hydrogen-bond acceptors (Lipinski definition) is 4. The van der Waals surface area contributed by atoms with Crippen LogP contribution in [0.25, 0.3) is 5.69 Å². The molecule has 0 bridgehead atoms. The van der Waals surface area contributed by atoms with Gasteiger partial charge in [-0.15, -0.1) is 5.10 Å².